The van der Waals surface area contributed by atoms with Crippen molar-refractivity contribution in [1.29, 1.82) is 0 Å². The minimum absolute atomic E-state index is 0.158. The van der Waals surface area contributed by atoms with E-state index in [2.05, 4.69) is 37.2 Å². The molecule has 0 saturated carbocycles. The van der Waals surface area contributed by atoms with E-state index in [9.17, 15) is 0 Å². The van der Waals surface area contributed by atoms with Crippen molar-refractivity contribution >= 4 is 0 Å². The van der Waals surface area contributed by atoms with Crippen LogP contribution in [0.1, 0.15) is 72.4 Å². The lowest BCUT2D eigenvalue weighted by molar-refractivity contribution is -0.00995. The SMILES string of the molecule is CCCC(OCCC(C)CCCC(C)C)n1ccnc1. The second-order valence-corrected chi connectivity index (χ2v) is 6.34. The Morgan fingerprint density at radius 3 is 2.50 bits per heavy atom. The van der Waals surface area contributed by atoms with Crippen molar-refractivity contribution in [3.8, 4) is 0 Å². The lowest BCUT2D eigenvalue weighted by atomic mass is 9.98. The molecule has 1 aromatic heterocycles. The van der Waals surface area contributed by atoms with Gasteiger partial charge in [-0.1, -0.05) is 53.4 Å². The number of imidazole rings is 1. The van der Waals surface area contributed by atoms with Gasteiger partial charge in [0, 0.05) is 19.0 Å². The van der Waals surface area contributed by atoms with Crippen molar-refractivity contribution < 1.29 is 4.74 Å². The van der Waals surface area contributed by atoms with Crippen LogP contribution in [0.3, 0.4) is 0 Å². The van der Waals surface area contributed by atoms with E-state index in [0.717, 1.165) is 37.7 Å². The van der Waals surface area contributed by atoms with E-state index in [-0.39, 0.29) is 6.23 Å². The molecule has 0 aromatic carbocycles. The summed E-state index contributed by atoms with van der Waals surface area (Å²) < 4.78 is 8.12. The highest BCUT2D eigenvalue weighted by atomic mass is 16.5. The normalized spacial score (nSPS) is 14.7. The lowest BCUT2D eigenvalue weighted by Crippen LogP contribution is -2.13. The fourth-order valence-electron chi connectivity index (χ4n) is 2.43. The van der Waals surface area contributed by atoms with Gasteiger partial charge in [-0.2, -0.15) is 0 Å². The van der Waals surface area contributed by atoms with E-state index in [0.29, 0.717) is 0 Å². The first-order chi connectivity index (χ1) is 9.63. The zero-order valence-corrected chi connectivity index (χ0v) is 13.7. The van der Waals surface area contributed by atoms with Crippen molar-refractivity contribution in [3.05, 3.63) is 18.7 Å². The molecule has 0 aliphatic carbocycles. The third-order valence-electron chi connectivity index (χ3n) is 3.79. The molecule has 1 rings (SSSR count). The number of hydrogen-bond acceptors (Lipinski definition) is 2. The Kier molecular flexibility index (Phi) is 8.59. The third-order valence-corrected chi connectivity index (χ3v) is 3.79. The molecule has 1 heterocycles. The average molecular weight is 280 g/mol. The summed E-state index contributed by atoms with van der Waals surface area (Å²) in [7, 11) is 0. The number of hydrogen-bond donors (Lipinski definition) is 0. The molecule has 2 unspecified atom stereocenters. The molecule has 3 nitrogen and oxygen atoms in total. The molecule has 1 aromatic rings. The summed E-state index contributed by atoms with van der Waals surface area (Å²) in [5.41, 5.74) is 0. The van der Waals surface area contributed by atoms with Gasteiger partial charge in [-0.3, -0.25) is 0 Å². The molecule has 116 valence electrons. The van der Waals surface area contributed by atoms with Crippen LogP contribution in [-0.2, 0) is 4.74 Å². The summed E-state index contributed by atoms with van der Waals surface area (Å²) in [4.78, 5) is 4.11. The monoisotopic (exact) mass is 280 g/mol. The van der Waals surface area contributed by atoms with E-state index in [4.69, 9.17) is 4.74 Å². The van der Waals surface area contributed by atoms with Crippen molar-refractivity contribution in [1.82, 2.24) is 9.55 Å². The van der Waals surface area contributed by atoms with Gasteiger partial charge >= 0.3 is 0 Å². The van der Waals surface area contributed by atoms with Crippen LogP contribution in [-0.4, -0.2) is 16.2 Å². The van der Waals surface area contributed by atoms with Gasteiger partial charge in [-0.05, 0) is 24.7 Å². The molecular formula is C17H32N2O. The molecule has 0 N–H and O–H groups in total. The van der Waals surface area contributed by atoms with Gasteiger partial charge in [-0.25, -0.2) is 4.98 Å². The fourth-order valence-corrected chi connectivity index (χ4v) is 2.43. The maximum atomic E-state index is 6.05. The number of aromatic nitrogens is 2. The highest BCUT2D eigenvalue weighted by molar-refractivity contribution is 4.77. The first-order valence-electron chi connectivity index (χ1n) is 8.22. The molecule has 0 spiro atoms. The van der Waals surface area contributed by atoms with Gasteiger partial charge < -0.3 is 9.30 Å². The molecule has 2 atom stereocenters. The molecule has 0 fully saturated rings. The zero-order valence-electron chi connectivity index (χ0n) is 13.7. The van der Waals surface area contributed by atoms with Gasteiger partial charge in [0.2, 0.25) is 0 Å². The second kappa shape index (κ2) is 9.98. The quantitative estimate of drug-likeness (QED) is 0.567. The van der Waals surface area contributed by atoms with E-state index >= 15 is 0 Å². The number of nitrogens with zero attached hydrogens (tertiary/aromatic N) is 2. The van der Waals surface area contributed by atoms with Crippen LogP contribution >= 0.6 is 0 Å². The standard InChI is InChI=1S/C17H32N2O/c1-5-7-17(19-12-11-18-14-19)20-13-10-16(4)9-6-8-15(2)3/h11-12,14-17H,5-10,13H2,1-4H3. The molecule has 3 heteroatoms. The molecule has 0 saturated heterocycles. The molecule has 0 bridgehead atoms. The zero-order chi connectivity index (χ0) is 14.8. The molecular weight excluding hydrogens is 248 g/mol. The summed E-state index contributed by atoms with van der Waals surface area (Å²) in [5.74, 6) is 1.59. The van der Waals surface area contributed by atoms with E-state index < -0.39 is 0 Å². The largest absolute Gasteiger partial charge is 0.358 e. The van der Waals surface area contributed by atoms with Crippen LogP contribution in [0.25, 0.3) is 0 Å². The van der Waals surface area contributed by atoms with E-state index in [1.54, 1.807) is 0 Å². The topological polar surface area (TPSA) is 27.1 Å². The Morgan fingerprint density at radius 1 is 1.10 bits per heavy atom. The molecule has 0 aliphatic heterocycles. The second-order valence-electron chi connectivity index (χ2n) is 6.34. The van der Waals surface area contributed by atoms with Crippen molar-refractivity contribution in [2.24, 2.45) is 11.8 Å². The fraction of sp³-hybridized carbons (Fsp3) is 0.824. The Morgan fingerprint density at radius 2 is 1.90 bits per heavy atom. The molecule has 0 radical (unpaired) electrons. The predicted molar refractivity (Wildman–Crippen MR) is 84.6 cm³/mol. The van der Waals surface area contributed by atoms with Crippen LogP contribution in [0, 0.1) is 11.8 Å². The van der Waals surface area contributed by atoms with Crippen molar-refractivity contribution in [2.75, 3.05) is 6.61 Å². The van der Waals surface area contributed by atoms with Crippen molar-refractivity contribution in [3.63, 3.8) is 0 Å². The smallest absolute Gasteiger partial charge is 0.134 e. The molecule has 0 aliphatic rings. The van der Waals surface area contributed by atoms with Gasteiger partial charge in [0.25, 0.3) is 0 Å². The highest BCUT2D eigenvalue weighted by Crippen LogP contribution is 2.19. The molecule has 20 heavy (non-hydrogen) atoms. The van der Waals surface area contributed by atoms with E-state index in [1.165, 1.54) is 19.3 Å². The Balaban J connectivity index is 2.20. The first-order valence-corrected chi connectivity index (χ1v) is 8.22. The van der Waals surface area contributed by atoms with Crippen LogP contribution in [0.2, 0.25) is 0 Å². The van der Waals surface area contributed by atoms with Crippen LogP contribution < -0.4 is 0 Å². The van der Waals surface area contributed by atoms with Gasteiger partial charge in [-0.15, -0.1) is 0 Å². The van der Waals surface area contributed by atoms with Crippen molar-refractivity contribution in [2.45, 2.75) is 72.4 Å². The first kappa shape index (κ1) is 17.2. The van der Waals surface area contributed by atoms with Crippen LogP contribution in [0.5, 0.6) is 0 Å². The summed E-state index contributed by atoms with van der Waals surface area (Å²) in [6.45, 7) is 9.99. The third kappa shape index (κ3) is 7.09. The molecule has 0 amide bonds. The number of rotatable bonds is 11. The average Bonchev–Trinajstić information content (AvgIpc) is 2.91. The summed E-state index contributed by atoms with van der Waals surface area (Å²) in [6.07, 6.45) is 13.2. The Hall–Kier alpha value is -0.830. The highest BCUT2D eigenvalue weighted by Gasteiger charge is 2.10. The summed E-state index contributed by atoms with van der Waals surface area (Å²) in [5, 5.41) is 0. The Labute approximate surface area is 124 Å². The van der Waals surface area contributed by atoms with Crippen LogP contribution in [0.4, 0.5) is 0 Å². The van der Waals surface area contributed by atoms with E-state index in [1.807, 2.05) is 18.7 Å². The predicted octanol–water partition coefficient (Wildman–Crippen LogP) is 5.05. The van der Waals surface area contributed by atoms with Gasteiger partial charge in [0.1, 0.15) is 6.23 Å². The maximum Gasteiger partial charge on any atom is 0.134 e. The summed E-state index contributed by atoms with van der Waals surface area (Å²) >= 11 is 0. The summed E-state index contributed by atoms with van der Waals surface area (Å²) in [6, 6.07) is 0. The maximum absolute atomic E-state index is 6.05. The van der Waals surface area contributed by atoms with Crippen LogP contribution in [0.15, 0.2) is 18.7 Å². The number of ether oxygens (including phenoxy) is 1. The minimum Gasteiger partial charge on any atom is -0.358 e. The minimum atomic E-state index is 0.158. The van der Waals surface area contributed by atoms with Gasteiger partial charge in [0.15, 0.2) is 0 Å². The van der Waals surface area contributed by atoms with Gasteiger partial charge in [0.05, 0.1) is 6.33 Å². The lowest BCUT2D eigenvalue weighted by Gasteiger charge is -2.20. The Bertz CT molecular complexity index is 322.